The molecule has 0 saturated heterocycles. The Morgan fingerprint density at radius 3 is 2.40 bits per heavy atom. The molecule has 3 heteroatoms. The van der Waals surface area contributed by atoms with Gasteiger partial charge >= 0.3 is 0 Å². The fourth-order valence-electron chi connectivity index (χ4n) is 3.50. The largest absolute Gasteiger partial charge is 0.383 e. The van der Waals surface area contributed by atoms with Gasteiger partial charge in [-0.1, -0.05) is 13.8 Å². The first-order valence-electron chi connectivity index (χ1n) is 8.58. The minimum atomic E-state index is 0.753. The predicted octanol–water partition coefficient (Wildman–Crippen LogP) is 2.76. The molecule has 3 unspecified atom stereocenters. The van der Waals surface area contributed by atoms with Crippen LogP contribution >= 0.6 is 0 Å². The number of methoxy groups -OCH3 is 1. The van der Waals surface area contributed by atoms with Crippen molar-refractivity contribution >= 4 is 0 Å². The van der Waals surface area contributed by atoms with Crippen LogP contribution in [0.15, 0.2) is 0 Å². The second-order valence-corrected chi connectivity index (χ2v) is 7.27. The maximum Gasteiger partial charge on any atom is 0.0589 e. The van der Waals surface area contributed by atoms with Gasteiger partial charge in [0.1, 0.15) is 0 Å². The SMILES string of the molecule is COCCN(C(C)C1CC1)C1CCC1CNCC(C)C. The highest BCUT2D eigenvalue weighted by Gasteiger charge is 2.41. The molecule has 2 saturated carbocycles. The third-order valence-electron chi connectivity index (χ3n) is 5.14. The molecule has 2 aliphatic rings. The Bertz CT molecular complexity index is 278. The molecule has 20 heavy (non-hydrogen) atoms. The van der Waals surface area contributed by atoms with Gasteiger partial charge in [-0.3, -0.25) is 4.90 Å². The van der Waals surface area contributed by atoms with E-state index in [-0.39, 0.29) is 0 Å². The van der Waals surface area contributed by atoms with Gasteiger partial charge in [0, 0.05) is 25.7 Å². The van der Waals surface area contributed by atoms with Crippen molar-refractivity contribution in [1.82, 2.24) is 10.2 Å². The van der Waals surface area contributed by atoms with Crippen LogP contribution in [0.25, 0.3) is 0 Å². The van der Waals surface area contributed by atoms with Crippen molar-refractivity contribution in [3.63, 3.8) is 0 Å². The zero-order valence-electron chi connectivity index (χ0n) is 13.9. The zero-order chi connectivity index (χ0) is 14.5. The highest BCUT2D eigenvalue weighted by Crippen LogP contribution is 2.40. The van der Waals surface area contributed by atoms with Gasteiger partial charge in [-0.15, -0.1) is 0 Å². The fourth-order valence-corrected chi connectivity index (χ4v) is 3.50. The second-order valence-electron chi connectivity index (χ2n) is 7.27. The third-order valence-corrected chi connectivity index (χ3v) is 5.14. The Balaban J connectivity index is 1.80. The summed E-state index contributed by atoms with van der Waals surface area (Å²) in [4.78, 5) is 2.76. The van der Waals surface area contributed by atoms with Crippen LogP contribution in [-0.4, -0.2) is 50.3 Å². The maximum atomic E-state index is 5.33. The second kappa shape index (κ2) is 7.77. The summed E-state index contributed by atoms with van der Waals surface area (Å²) in [6.45, 7) is 11.3. The van der Waals surface area contributed by atoms with Crippen molar-refractivity contribution in [2.75, 3.05) is 33.4 Å². The summed E-state index contributed by atoms with van der Waals surface area (Å²) in [6.07, 6.45) is 5.66. The average Bonchev–Trinajstić information content (AvgIpc) is 3.21. The first kappa shape index (κ1) is 16.3. The fraction of sp³-hybridized carbons (Fsp3) is 1.00. The summed E-state index contributed by atoms with van der Waals surface area (Å²) < 4.78 is 5.33. The van der Waals surface area contributed by atoms with E-state index in [0.29, 0.717) is 0 Å². The first-order valence-corrected chi connectivity index (χ1v) is 8.58. The zero-order valence-corrected chi connectivity index (χ0v) is 13.9. The number of nitrogens with one attached hydrogen (secondary N) is 1. The number of nitrogens with zero attached hydrogens (tertiary/aromatic N) is 1. The monoisotopic (exact) mass is 282 g/mol. The van der Waals surface area contributed by atoms with E-state index in [1.54, 1.807) is 0 Å². The van der Waals surface area contributed by atoms with E-state index >= 15 is 0 Å². The van der Waals surface area contributed by atoms with Crippen LogP contribution in [0.5, 0.6) is 0 Å². The minimum Gasteiger partial charge on any atom is -0.383 e. The predicted molar refractivity (Wildman–Crippen MR) is 85.0 cm³/mol. The lowest BCUT2D eigenvalue weighted by molar-refractivity contribution is 0.00766. The molecule has 0 amide bonds. The summed E-state index contributed by atoms with van der Waals surface area (Å²) in [5.41, 5.74) is 0. The van der Waals surface area contributed by atoms with Gasteiger partial charge in [-0.05, 0) is 63.5 Å². The molecule has 2 rings (SSSR count). The lowest BCUT2D eigenvalue weighted by Gasteiger charge is -2.47. The Morgan fingerprint density at radius 2 is 1.90 bits per heavy atom. The summed E-state index contributed by atoms with van der Waals surface area (Å²) in [5.74, 6) is 2.56. The lowest BCUT2D eigenvalue weighted by atomic mass is 9.77. The normalized spacial score (nSPS) is 27.9. The van der Waals surface area contributed by atoms with E-state index in [1.807, 2.05) is 7.11 Å². The van der Waals surface area contributed by atoms with Gasteiger partial charge in [-0.2, -0.15) is 0 Å². The molecule has 0 aromatic carbocycles. The molecule has 118 valence electrons. The van der Waals surface area contributed by atoms with E-state index in [0.717, 1.165) is 49.5 Å². The van der Waals surface area contributed by atoms with E-state index < -0.39 is 0 Å². The van der Waals surface area contributed by atoms with Crippen LogP contribution in [0, 0.1) is 17.8 Å². The molecular formula is C17H34N2O. The van der Waals surface area contributed by atoms with Crippen LogP contribution in [0.3, 0.4) is 0 Å². The highest BCUT2D eigenvalue weighted by atomic mass is 16.5. The molecule has 2 fully saturated rings. The standard InChI is InChI=1S/C17H34N2O/c1-13(2)11-18-12-16-7-8-17(16)19(9-10-20-4)14(3)15-5-6-15/h13-18H,5-12H2,1-4H3. The highest BCUT2D eigenvalue weighted by molar-refractivity contribution is 4.95. The lowest BCUT2D eigenvalue weighted by Crippen LogP contribution is -2.55. The smallest absolute Gasteiger partial charge is 0.0589 e. The topological polar surface area (TPSA) is 24.5 Å². The van der Waals surface area contributed by atoms with E-state index in [1.165, 1.54) is 32.2 Å². The number of rotatable bonds is 10. The van der Waals surface area contributed by atoms with E-state index in [9.17, 15) is 0 Å². The first-order chi connectivity index (χ1) is 9.63. The molecular weight excluding hydrogens is 248 g/mol. The van der Waals surface area contributed by atoms with Crippen molar-refractivity contribution in [3.05, 3.63) is 0 Å². The quantitative estimate of drug-likeness (QED) is 0.667. The maximum absolute atomic E-state index is 5.33. The van der Waals surface area contributed by atoms with Crippen LogP contribution in [0.2, 0.25) is 0 Å². The molecule has 2 aliphatic carbocycles. The molecule has 0 bridgehead atoms. The van der Waals surface area contributed by atoms with Crippen molar-refractivity contribution in [2.24, 2.45) is 17.8 Å². The van der Waals surface area contributed by atoms with Crippen molar-refractivity contribution in [1.29, 1.82) is 0 Å². The third kappa shape index (κ3) is 4.44. The molecule has 0 heterocycles. The van der Waals surface area contributed by atoms with Gasteiger partial charge in [0.05, 0.1) is 6.61 Å². The van der Waals surface area contributed by atoms with Gasteiger partial charge in [0.15, 0.2) is 0 Å². The summed E-state index contributed by atoms with van der Waals surface area (Å²) >= 11 is 0. The molecule has 3 atom stereocenters. The molecule has 1 N–H and O–H groups in total. The Hall–Kier alpha value is -0.120. The van der Waals surface area contributed by atoms with Gasteiger partial charge < -0.3 is 10.1 Å². The Kier molecular flexibility index (Phi) is 6.31. The molecule has 0 spiro atoms. The summed E-state index contributed by atoms with van der Waals surface area (Å²) in [7, 11) is 1.82. The van der Waals surface area contributed by atoms with Crippen LogP contribution in [0.4, 0.5) is 0 Å². The number of hydrogen-bond donors (Lipinski definition) is 1. The van der Waals surface area contributed by atoms with E-state index in [2.05, 4.69) is 31.0 Å². The molecule has 0 aliphatic heterocycles. The molecule has 3 nitrogen and oxygen atoms in total. The van der Waals surface area contributed by atoms with Crippen molar-refractivity contribution in [2.45, 2.75) is 58.5 Å². The van der Waals surface area contributed by atoms with Gasteiger partial charge in [0.25, 0.3) is 0 Å². The van der Waals surface area contributed by atoms with Crippen LogP contribution < -0.4 is 5.32 Å². The molecule has 0 aromatic rings. The summed E-state index contributed by atoms with van der Waals surface area (Å²) in [6, 6.07) is 1.54. The minimum absolute atomic E-state index is 0.753. The van der Waals surface area contributed by atoms with Crippen LogP contribution in [0.1, 0.15) is 46.5 Å². The molecule has 0 radical (unpaired) electrons. The van der Waals surface area contributed by atoms with Crippen molar-refractivity contribution in [3.8, 4) is 0 Å². The Labute approximate surface area is 125 Å². The van der Waals surface area contributed by atoms with Gasteiger partial charge in [0.2, 0.25) is 0 Å². The summed E-state index contributed by atoms with van der Waals surface area (Å²) in [5, 5.41) is 3.65. The average molecular weight is 282 g/mol. The number of hydrogen-bond acceptors (Lipinski definition) is 3. The van der Waals surface area contributed by atoms with Gasteiger partial charge in [-0.25, -0.2) is 0 Å². The molecule has 0 aromatic heterocycles. The number of ether oxygens (including phenoxy) is 1. The van der Waals surface area contributed by atoms with E-state index in [4.69, 9.17) is 4.74 Å². The van der Waals surface area contributed by atoms with Crippen molar-refractivity contribution < 1.29 is 4.74 Å². The Morgan fingerprint density at radius 1 is 1.15 bits per heavy atom. The van der Waals surface area contributed by atoms with Crippen LogP contribution in [-0.2, 0) is 4.74 Å².